The van der Waals surface area contributed by atoms with E-state index in [0.29, 0.717) is 41.2 Å². The molecular weight excluding hydrogens is 432 g/mol. The number of fused-ring (bicyclic) bond motifs is 1. The fourth-order valence-electron chi connectivity index (χ4n) is 4.58. The molecule has 32 heavy (non-hydrogen) atoms. The Morgan fingerprint density at radius 3 is 2.75 bits per heavy atom. The van der Waals surface area contributed by atoms with Crippen molar-refractivity contribution in [2.75, 3.05) is 18.1 Å². The first-order valence-corrected chi connectivity index (χ1v) is 12.7. The van der Waals surface area contributed by atoms with E-state index in [1.165, 1.54) is 0 Å². The minimum Gasteiger partial charge on any atom is -0.482 e. The Kier molecular flexibility index (Phi) is 5.45. The number of aryl methyl sites for hydroxylation is 1. The molecule has 2 aromatic rings. The number of anilines is 1. The van der Waals surface area contributed by atoms with Crippen LogP contribution in [0.2, 0.25) is 0 Å². The molecule has 2 fully saturated rings. The molecular formula is C22H28N4O5S. The molecule has 0 spiro atoms. The third-order valence-electron chi connectivity index (χ3n) is 6.54. The molecule has 0 bridgehead atoms. The van der Waals surface area contributed by atoms with Crippen LogP contribution >= 0.6 is 0 Å². The monoisotopic (exact) mass is 460 g/mol. The summed E-state index contributed by atoms with van der Waals surface area (Å²) in [5.74, 6) is 1.53. The van der Waals surface area contributed by atoms with Crippen molar-refractivity contribution >= 4 is 21.6 Å². The zero-order chi connectivity index (χ0) is 22.5. The molecule has 0 unspecified atom stereocenters. The Hall–Kier alpha value is -2.46. The highest BCUT2D eigenvalue weighted by atomic mass is 32.2. The summed E-state index contributed by atoms with van der Waals surface area (Å²) in [6, 6.07) is 3.29. The van der Waals surface area contributed by atoms with Gasteiger partial charge < -0.3 is 9.26 Å². The van der Waals surface area contributed by atoms with E-state index in [4.69, 9.17) is 9.26 Å². The van der Waals surface area contributed by atoms with Gasteiger partial charge in [0.15, 0.2) is 12.4 Å². The first kappa shape index (κ1) is 21.4. The second-order valence-corrected chi connectivity index (χ2v) is 10.7. The van der Waals surface area contributed by atoms with E-state index in [2.05, 4.69) is 10.1 Å². The number of nitrogens with zero attached hydrogens (tertiary/aromatic N) is 4. The second kappa shape index (κ2) is 8.15. The summed E-state index contributed by atoms with van der Waals surface area (Å²) < 4.78 is 39.7. The molecule has 3 aliphatic rings. The van der Waals surface area contributed by atoms with Gasteiger partial charge in [0.1, 0.15) is 5.75 Å². The van der Waals surface area contributed by atoms with Gasteiger partial charge >= 0.3 is 0 Å². The molecule has 10 heteroatoms. The maximum absolute atomic E-state index is 13.5. The van der Waals surface area contributed by atoms with E-state index < -0.39 is 10.0 Å². The molecule has 1 amide bonds. The van der Waals surface area contributed by atoms with Crippen molar-refractivity contribution < 1.29 is 22.5 Å². The summed E-state index contributed by atoms with van der Waals surface area (Å²) >= 11 is 0. The fourth-order valence-corrected chi connectivity index (χ4v) is 6.57. The standard InChI is InChI=1S/C22H28N4O5S/c1-3-16-6-4-5-9-26(16)32(28,29)19-11-18-17(10-14(19)2)25(21(27)13-30-18)12-20-23-22(31-24-20)15-7-8-15/h10-11,15-16H,3-9,12-13H2,1-2H3/t16-/m1/s1. The van der Waals surface area contributed by atoms with Crippen LogP contribution in [0.15, 0.2) is 21.6 Å². The van der Waals surface area contributed by atoms with Gasteiger partial charge in [-0.15, -0.1) is 0 Å². The molecule has 1 aromatic heterocycles. The molecule has 2 aliphatic heterocycles. The molecule has 1 saturated carbocycles. The summed E-state index contributed by atoms with van der Waals surface area (Å²) in [6.07, 6.45) is 5.68. The van der Waals surface area contributed by atoms with Gasteiger partial charge in [-0.3, -0.25) is 9.69 Å². The van der Waals surface area contributed by atoms with Crippen LogP contribution in [0.3, 0.4) is 0 Å². The number of amides is 1. The minimum absolute atomic E-state index is 0.0158. The van der Waals surface area contributed by atoms with Crippen LogP contribution < -0.4 is 9.64 Å². The molecule has 3 heterocycles. The lowest BCUT2D eigenvalue weighted by Gasteiger charge is -2.35. The SMILES string of the molecule is CC[C@@H]1CCCCN1S(=O)(=O)c1cc2c(cc1C)N(Cc1noc(C3CC3)n1)C(=O)CO2. The van der Waals surface area contributed by atoms with E-state index in [9.17, 15) is 13.2 Å². The van der Waals surface area contributed by atoms with Crippen LogP contribution in [0.25, 0.3) is 0 Å². The average Bonchev–Trinajstić information content (AvgIpc) is 3.54. The first-order valence-electron chi connectivity index (χ1n) is 11.3. The van der Waals surface area contributed by atoms with Gasteiger partial charge in [0.2, 0.25) is 15.9 Å². The largest absolute Gasteiger partial charge is 0.482 e. The summed E-state index contributed by atoms with van der Waals surface area (Å²) in [5.41, 5.74) is 1.11. The van der Waals surface area contributed by atoms with Crippen LogP contribution in [0.5, 0.6) is 5.75 Å². The van der Waals surface area contributed by atoms with Gasteiger partial charge in [0.05, 0.1) is 17.1 Å². The van der Waals surface area contributed by atoms with Crippen molar-refractivity contribution in [3.05, 3.63) is 29.4 Å². The van der Waals surface area contributed by atoms with Crippen LogP contribution in [0.4, 0.5) is 5.69 Å². The molecule has 1 saturated heterocycles. The van der Waals surface area contributed by atoms with E-state index in [0.717, 1.165) is 38.5 Å². The predicted molar refractivity (Wildman–Crippen MR) is 116 cm³/mol. The molecule has 0 radical (unpaired) electrons. The lowest BCUT2D eigenvalue weighted by molar-refractivity contribution is -0.121. The lowest BCUT2D eigenvalue weighted by Crippen LogP contribution is -2.43. The first-order chi connectivity index (χ1) is 15.4. The Morgan fingerprint density at radius 1 is 1.19 bits per heavy atom. The molecule has 9 nitrogen and oxygen atoms in total. The molecule has 5 rings (SSSR count). The average molecular weight is 461 g/mol. The van der Waals surface area contributed by atoms with Crippen LogP contribution in [0, 0.1) is 6.92 Å². The highest BCUT2D eigenvalue weighted by Crippen LogP contribution is 2.40. The van der Waals surface area contributed by atoms with Crippen molar-refractivity contribution in [3.63, 3.8) is 0 Å². The van der Waals surface area contributed by atoms with Crippen molar-refractivity contribution in [2.45, 2.75) is 75.8 Å². The Labute approximate surface area is 187 Å². The second-order valence-electron chi connectivity index (χ2n) is 8.85. The summed E-state index contributed by atoms with van der Waals surface area (Å²) in [7, 11) is -3.67. The van der Waals surface area contributed by atoms with Crippen molar-refractivity contribution in [2.24, 2.45) is 0 Å². The van der Waals surface area contributed by atoms with Crippen molar-refractivity contribution in [1.29, 1.82) is 0 Å². The number of carbonyl (C=O) groups excluding carboxylic acids is 1. The number of hydrogen-bond donors (Lipinski definition) is 0. The van der Waals surface area contributed by atoms with Gasteiger partial charge in [-0.1, -0.05) is 18.5 Å². The van der Waals surface area contributed by atoms with E-state index in [1.807, 2.05) is 6.92 Å². The topological polar surface area (TPSA) is 106 Å². The number of ether oxygens (including phenoxy) is 1. The normalized spacial score (nSPS) is 22.0. The molecule has 0 N–H and O–H groups in total. The van der Waals surface area contributed by atoms with Crippen LogP contribution in [0.1, 0.15) is 68.6 Å². The number of aromatic nitrogens is 2. The van der Waals surface area contributed by atoms with Gasteiger partial charge in [-0.05, 0) is 50.7 Å². The Bertz CT molecular complexity index is 1140. The maximum Gasteiger partial charge on any atom is 0.265 e. The predicted octanol–water partition coefficient (Wildman–Crippen LogP) is 3.13. The van der Waals surface area contributed by atoms with E-state index in [-0.39, 0.29) is 30.0 Å². The third kappa shape index (κ3) is 3.79. The number of benzene rings is 1. The van der Waals surface area contributed by atoms with Gasteiger partial charge in [-0.25, -0.2) is 8.42 Å². The summed E-state index contributed by atoms with van der Waals surface area (Å²) in [6.45, 7) is 4.31. The fraction of sp³-hybridized carbons (Fsp3) is 0.591. The Balaban J connectivity index is 1.46. The van der Waals surface area contributed by atoms with Gasteiger partial charge in [0.25, 0.3) is 5.91 Å². The number of sulfonamides is 1. The number of piperidine rings is 1. The quantitative estimate of drug-likeness (QED) is 0.652. The number of hydrogen-bond acceptors (Lipinski definition) is 7. The zero-order valence-electron chi connectivity index (χ0n) is 18.4. The van der Waals surface area contributed by atoms with E-state index in [1.54, 1.807) is 28.3 Å². The lowest BCUT2D eigenvalue weighted by atomic mass is 10.0. The molecule has 172 valence electrons. The summed E-state index contributed by atoms with van der Waals surface area (Å²) in [4.78, 5) is 18.8. The highest BCUT2D eigenvalue weighted by molar-refractivity contribution is 7.89. The van der Waals surface area contributed by atoms with Gasteiger partial charge in [-0.2, -0.15) is 9.29 Å². The molecule has 1 atom stereocenters. The van der Waals surface area contributed by atoms with E-state index >= 15 is 0 Å². The van der Waals surface area contributed by atoms with Gasteiger partial charge in [0, 0.05) is 24.6 Å². The number of carbonyl (C=O) groups is 1. The number of rotatable bonds is 6. The molecule has 1 aromatic carbocycles. The van der Waals surface area contributed by atoms with Crippen molar-refractivity contribution in [3.8, 4) is 5.75 Å². The highest BCUT2D eigenvalue weighted by Gasteiger charge is 2.36. The zero-order valence-corrected chi connectivity index (χ0v) is 19.2. The minimum atomic E-state index is -3.67. The Morgan fingerprint density at radius 2 is 2.00 bits per heavy atom. The third-order valence-corrected chi connectivity index (χ3v) is 8.63. The van der Waals surface area contributed by atoms with Crippen LogP contribution in [-0.4, -0.2) is 48.0 Å². The van der Waals surface area contributed by atoms with Crippen LogP contribution in [-0.2, 0) is 21.4 Å². The van der Waals surface area contributed by atoms with Crippen molar-refractivity contribution in [1.82, 2.24) is 14.4 Å². The smallest absolute Gasteiger partial charge is 0.265 e. The maximum atomic E-state index is 13.5. The molecule has 1 aliphatic carbocycles. The summed E-state index contributed by atoms with van der Waals surface area (Å²) in [5, 5.41) is 4.01.